The average molecular weight is 535 g/mol. The predicted octanol–water partition coefficient (Wildman–Crippen LogP) is 2.96. The highest BCUT2D eigenvalue weighted by atomic mass is 79.9. The van der Waals surface area contributed by atoms with Crippen LogP contribution in [0.5, 0.6) is 11.5 Å². The summed E-state index contributed by atoms with van der Waals surface area (Å²) in [6.45, 7) is 1.34. The van der Waals surface area contributed by atoms with Crippen LogP contribution in [0.3, 0.4) is 0 Å². The van der Waals surface area contributed by atoms with Crippen molar-refractivity contribution in [1.82, 2.24) is 10.2 Å². The molecule has 3 rings (SSSR count). The van der Waals surface area contributed by atoms with E-state index >= 15 is 0 Å². The molecule has 0 saturated carbocycles. The van der Waals surface area contributed by atoms with E-state index < -0.39 is 12.3 Å². The van der Waals surface area contributed by atoms with Crippen molar-refractivity contribution in [3.63, 3.8) is 0 Å². The highest BCUT2D eigenvalue weighted by Crippen LogP contribution is 2.33. The van der Waals surface area contributed by atoms with Crippen molar-refractivity contribution in [2.45, 2.75) is 31.6 Å². The number of methoxy groups -OCH3 is 2. The number of ether oxygens (including phenoxy) is 4. The number of aryl methyl sites for hydroxylation is 1. The van der Waals surface area contributed by atoms with E-state index in [1.54, 1.807) is 26.2 Å². The van der Waals surface area contributed by atoms with Crippen LogP contribution < -0.4 is 14.8 Å². The summed E-state index contributed by atoms with van der Waals surface area (Å²) in [6, 6.07) is 12.6. The maximum atomic E-state index is 13.2. The highest BCUT2D eigenvalue weighted by Gasteiger charge is 2.27. The van der Waals surface area contributed by atoms with Gasteiger partial charge < -0.3 is 29.2 Å². The van der Waals surface area contributed by atoms with Crippen LogP contribution in [-0.4, -0.2) is 70.1 Å². The maximum Gasteiger partial charge on any atom is 0.245 e. The van der Waals surface area contributed by atoms with E-state index in [1.807, 2.05) is 42.5 Å². The number of amides is 2. The summed E-state index contributed by atoms with van der Waals surface area (Å²) >= 11 is 3.53. The van der Waals surface area contributed by atoms with E-state index in [0.717, 1.165) is 15.6 Å². The molecule has 34 heavy (non-hydrogen) atoms. The number of hydrogen-bond donors (Lipinski definition) is 1. The smallest absolute Gasteiger partial charge is 0.245 e. The van der Waals surface area contributed by atoms with Crippen LogP contribution in [0.1, 0.15) is 17.5 Å². The summed E-state index contributed by atoms with van der Waals surface area (Å²) in [4.78, 5) is 27.6. The van der Waals surface area contributed by atoms with Crippen molar-refractivity contribution >= 4 is 27.7 Å². The summed E-state index contributed by atoms with van der Waals surface area (Å²) in [5.74, 6) is 0.798. The lowest BCUT2D eigenvalue weighted by atomic mass is 10.0. The van der Waals surface area contributed by atoms with Gasteiger partial charge in [-0.25, -0.2) is 0 Å². The van der Waals surface area contributed by atoms with Crippen LogP contribution in [0, 0.1) is 0 Å². The fraction of sp³-hybridized carbons (Fsp3) is 0.440. The molecule has 0 spiro atoms. The molecule has 1 heterocycles. The molecule has 0 aliphatic carbocycles. The first kappa shape index (κ1) is 26.0. The van der Waals surface area contributed by atoms with E-state index in [0.29, 0.717) is 44.1 Å². The molecule has 2 aromatic carbocycles. The minimum absolute atomic E-state index is 0.191. The normalized spacial score (nSPS) is 14.5. The van der Waals surface area contributed by atoms with Gasteiger partial charge in [0, 0.05) is 24.4 Å². The number of nitrogens with one attached hydrogen (secondary N) is 1. The van der Waals surface area contributed by atoms with Gasteiger partial charge in [0.1, 0.15) is 6.04 Å². The second-order valence-corrected chi connectivity index (χ2v) is 8.85. The van der Waals surface area contributed by atoms with E-state index in [9.17, 15) is 9.59 Å². The molecule has 1 aliphatic rings. The Kier molecular flexibility index (Phi) is 9.74. The van der Waals surface area contributed by atoms with Crippen molar-refractivity contribution in [1.29, 1.82) is 0 Å². The van der Waals surface area contributed by atoms with Gasteiger partial charge >= 0.3 is 0 Å². The lowest BCUT2D eigenvalue weighted by Gasteiger charge is -2.26. The molecule has 1 N–H and O–H groups in total. The van der Waals surface area contributed by atoms with Crippen LogP contribution in [0.25, 0.3) is 0 Å². The summed E-state index contributed by atoms with van der Waals surface area (Å²) in [5.41, 5.74) is 1.87. The summed E-state index contributed by atoms with van der Waals surface area (Å²) in [5, 5.41) is 2.93. The monoisotopic (exact) mass is 534 g/mol. The molecule has 1 atom stereocenters. The van der Waals surface area contributed by atoms with E-state index in [4.69, 9.17) is 18.9 Å². The molecule has 2 aromatic rings. The van der Waals surface area contributed by atoms with Crippen molar-refractivity contribution in [3.8, 4) is 11.5 Å². The molecule has 1 saturated heterocycles. The average Bonchev–Trinajstić information content (AvgIpc) is 3.35. The number of halogens is 1. The molecule has 0 unspecified atom stereocenters. The first-order valence-electron chi connectivity index (χ1n) is 11.1. The number of hydrogen-bond acceptors (Lipinski definition) is 6. The Morgan fingerprint density at radius 3 is 2.41 bits per heavy atom. The number of nitrogens with zero attached hydrogens (tertiary/aromatic N) is 1. The van der Waals surface area contributed by atoms with Crippen LogP contribution in [0.4, 0.5) is 0 Å². The Morgan fingerprint density at radius 2 is 1.76 bits per heavy atom. The number of rotatable bonds is 11. The van der Waals surface area contributed by atoms with Crippen LogP contribution in [0.2, 0.25) is 0 Å². The fourth-order valence-electron chi connectivity index (χ4n) is 3.74. The Morgan fingerprint density at radius 1 is 1.12 bits per heavy atom. The van der Waals surface area contributed by atoms with Crippen LogP contribution in [-0.2, 0) is 31.9 Å². The van der Waals surface area contributed by atoms with Crippen LogP contribution >= 0.6 is 15.9 Å². The minimum atomic E-state index is -0.699. The van der Waals surface area contributed by atoms with Gasteiger partial charge in [-0.2, -0.15) is 0 Å². The summed E-state index contributed by atoms with van der Waals surface area (Å²) < 4.78 is 22.4. The molecule has 1 fully saturated rings. The predicted molar refractivity (Wildman–Crippen MR) is 131 cm³/mol. The number of carbonyl (C=O) groups is 2. The van der Waals surface area contributed by atoms with Gasteiger partial charge in [0.05, 0.1) is 34.0 Å². The number of benzene rings is 2. The minimum Gasteiger partial charge on any atom is -0.493 e. The number of carbonyl (C=O) groups excluding carboxylic acids is 2. The second kappa shape index (κ2) is 12.7. The molecule has 184 valence electrons. The Hall–Kier alpha value is -2.62. The quantitative estimate of drug-likeness (QED) is 0.477. The SMILES string of the molecule is COc1cc(Br)c(CCC(=O)N[C@@H](Cc2ccccc2)C(=O)N(C)CC2OCCO2)cc1OC. The van der Waals surface area contributed by atoms with Gasteiger partial charge in [-0.3, -0.25) is 9.59 Å². The van der Waals surface area contributed by atoms with Gasteiger partial charge in [-0.15, -0.1) is 0 Å². The van der Waals surface area contributed by atoms with E-state index in [1.165, 1.54) is 0 Å². The Balaban J connectivity index is 1.66. The summed E-state index contributed by atoms with van der Waals surface area (Å²) in [7, 11) is 4.84. The zero-order valence-electron chi connectivity index (χ0n) is 19.7. The second-order valence-electron chi connectivity index (χ2n) is 8.00. The van der Waals surface area contributed by atoms with E-state index in [2.05, 4.69) is 21.2 Å². The Bertz CT molecular complexity index is 965. The molecule has 1 aliphatic heterocycles. The van der Waals surface area contributed by atoms with Gasteiger partial charge in [-0.05, 0) is 29.7 Å². The van der Waals surface area contributed by atoms with Gasteiger partial charge in [-0.1, -0.05) is 46.3 Å². The van der Waals surface area contributed by atoms with E-state index in [-0.39, 0.29) is 18.2 Å². The summed E-state index contributed by atoms with van der Waals surface area (Å²) in [6.07, 6.45) is 0.635. The van der Waals surface area contributed by atoms with Gasteiger partial charge in [0.15, 0.2) is 17.8 Å². The molecule has 0 bridgehead atoms. The molecule has 8 nitrogen and oxygen atoms in total. The van der Waals surface area contributed by atoms with Gasteiger partial charge in [0.25, 0.3) is 0 Å². The van der Waals surface area contributed by atoms with Crippen LogP contribution in [0.15, 0.2) is 46.9 Å². The lowest BCUT2D eigenvalue weighted by Crippen LogP contribution is -2.50. The van der Waals surface area contributed by atoms with Crippen molar-refractivity contribution < 1.29 is 28.5 Å². The largest absolute Gasteiger partial charge is 0.493 e. The van der Waals surface area contributed by atoms with Crippen molar-refractivity contribution in [3.05, 3.63) is 58.1 Å². The molecule has 0 aromatic heterocycles. The molecular formula is C25H31BrN2O6. The topological polar surface area (TPSA) is 86.3 Å². The first-order chi connectivity index (χ1) is 16.4. The maximum absolute atomic E-state index is 13.2. The molecule has 2 amide bonds. The lowest BCUT2D eigenvalue weighted by molar-refractivity contribution is -0.139. The zero-order valence-corrected chi connectivity index (χ0v) is 21.3. The highest BCUT2D eigenvalue weighted by molar-refractivity contribution is 9.10. The standard InChI is InChI=1S/C25H31BrN2O6/c1-28(16-24-33-11-12-34-24)25(30)20(13-17-7-5-4-6-8-17)27-23(29)10-9-18-14-21(31-2)22(32-3)15-19(18)26/h4-8,14-15,20,24H,9-13,16H2,1-3H3,(H,27,29)/t20-/m0/s1. The third-order valence-electron chi connectivity index (χ3n) is 5.58. The third kappa shape index (κ3) is 7.19. The van der Waals surface area contributed by atoms with Crippen molar-refractivity contribution in [2.75, 3.05) is 41.0 Å². The van der Waals surface area contributed by atoms with Gasteiger partial charge in [0.2, 0.25) is 11.8 Å². The molecular weight excluding hydrogens is 504 g/mol. The molecule has 9 heteroatoms. The Labute approximate surface area is 208 Å². The number of likely N-dealkylation sites (N-methyl/N-ethyl adjacent to an activating group) is 1. The van der Waals surface area contributed by atoms with Crippen molar-refractivity contribution in [2.24, 2.45) is 0 Å². The molecule has 0 radical (unpaired) electrons. The zero-order chi connectivity index (χ0) is 24.5. The fourth-order valence-corrected chi connectivity index (χ4v) is 4.27. The third-order valence-corrected chi connectivity index (χ3v) is 6.32. The first-order valence-corrected chi connectivity index (χ1v) is 11.9.